The van der Waals surface area contributed by atoms with E-state index in [1.165, 1.54) is 4.57 Å². The summed E-state index contributed by atoms with van der Waals surface area (Å²) in [4.78, 5) is 11.8. The molecule has 0 radical (unpaired) electrons. The quantitative estimate of drug-likeness (QED) is 0.787. The van der Waals surface area contributed by atoms with Gasteiger partial charge in [-0.05, 0) is 31.4 Å². The first-order valence-electron chi connectivity index (χ1n) is 7.05. The van der Waals surface area contributed by atoms with Crippen molar-refractivity contribution in [1.82, 2.24) is 9.88 Å². The second-order valence-corrected chi connectivity index (χ2v) is 5.33. The highest BCUT2D eigenvalue weighted by Crippen LogP contribution is 2.42. The fourth-order valence-electron chi connectivity index (χ4n) is 3.03. The van der Waals surface area contributed by atoms with Gasteiger partial charge in [-0.2, -0.15) is 0 Å². The third kappa shape index (κ3) is 2.14. The summed E-state index contributed by atoms with van der Waals surface area (Å²) in [6.07, 6.45) is 1.72. The SMILES string of the molecule is CNC(=O)C1CCc2c(c(O)n(-c3ccccc3)c2O)C1. The summed E-state index contributed by atoms with van der Waals surface area (Å²) in [5.41, 5.74) is 2.13. The molecule has 5 heteroatoms. The topological polar surface area (TPSA) is 74.5 Å². The normalized spacial score (nSPS) is 17.3. The molecule has 0 aliphatic heterocycles. The Kier molecular flexibility index (Phi) is 3.33. The minimum Gasteiger partial charge on any atom is -0.494 e. The number of hydrogen-bond donors (Lipinski definition) is 3. The van der Waals surface area contributed by atoms with Crippen LogP contribution in [0, 0.1) is 5.92 Å². The first-order chi connectivity index (χ1) is 10.1. The van der Waals surface area contributed by atoms with Gasteiger partial charge in [-0.15, -0.1) is 0 Å². The molecule has 5 nitrogen and oxygen atoms in total. The van der Waals surface area contributed by atoms with E-state index in [0.717, 1.165) is 5.56 Å². The number of carbonyl (C=O) groups is 1. The van der Waals surface area contributed by atoms with Crippen LogP contribution in [0.25, 0.3) is 5.69 Å². The van der Waals surface area contributed by atoms with Crippen LogP contribution < -0.4 is 5.32 Å². The van der Waals surface area contributed by atoms with E-state index >= 15 is 0 Å². The predicted molar refractivity (Wildman–Crippen MR) is 78.7 cm³/mol. The van der Waals surface area contributed by atoms with Crippen molar-refractivity contribution in [1.29, 1.82) is 0 Å². The molecule has 1 aliphatic rings. The molecule has 1 unspecified atom stereocenters. The lowest BCUT2D eigenvalue weighted by molar-refractivity contribution is -0.124. The van der Waals surface area contributed by atoms with Crippen LogP contribution in [0.1, 0.15) is 17.5 Å². The summed E-state index contributed by atoms with van der Waals surface area (Å²) in [7, 11) is 1.62. The molecule has 110 valence electrons. The molecule has 0 spiro atoms. The average Bonchev–Trinajstić information content (AvgIpc) is 2.78. The van der Waals surface area contributed by atoms with Gasteiger partial charge in [-0.1, -0.05) is 18.2 Å². The molecule has 3 N–H and O–H groups in total. The number of carbonyl (C=O) groups excluding carboxylic acids is 1. The van der Waals surface area contributed by atoms with Gasteiger partial charge in [0, 0.05) is 24.1 Å². The Morgan fingerprint density at radius 3 is 2.52 bits per heavy atom. The summed E-state index contributed by atoms with van der Waals surface area (Å²) in [5, 5.41) is 23.5. The van der Waals surface area contributed by atoms with Crippen molar-refractivity contribution in [3.05, 3.63) is 41.5 Å². The number of aromatic nitrogens is 1. The number of nitrogens with zero attached hydrogens (tertiary/aromatic N) is 1. The van der Waals surface area contributed by atoms with Gasteiger partial charge in [0.15, 0.2) is 0 Å². The number of nitrogens with one attached hydrogen (secondary N) is 1. The molecule has 1 atom stereocenters. The van der Waals surface area contributed by atoms with Crippen LogP contribution in [0.2, 0.25) is 0 Å². The van der Waals surface area contributed by atoms with Crippen molar-refractivity contribution in [2.24, 2.45) is 5.92 Å². The standard InChI is InChI=1S/C16H18N2O3/c1-17-14(19)10-7-8-12-13(9-10)16(21)18(15(12)20)11-5-3-2-4-6-11/h2-6,10,20-21H,7-9H2,1H3,(H,17,19). The Bertz CT molecular complexity index is 677. The van der Waals surface area contributed by atoms with E-state index < -0.39 is 0 Å². The van der Waals surface area contributed by atoms with Gasteiger partial charge in [-0.25, -0.2) is 0 Å². The maximum atomic E-state index is 11.8. The molecule has 0 saturated carbocycles. The Morgan fingerprint density at radius 2 is 1.86 bits per heavy atom. The number of benzene rings is 1. The van der Waals surface area contributed by atoms with Gasteiger partial charge in [-0.3, -0.25) is 9.36 Å². The third-order valence-corrected chi connectivity index (χ3v) is 4.15. The molecule has 1 aromatic carbocycles. The molecule has 1 aliphatic carbocycles. The van der Waals surface area contributed by atoms with Crippen LogP contribution in [0.3, 0.4) is 0 Å². The van der Waals surface area contributed by atoms with Crippen LogP contribution in [-0.4, -0.2) is 27.7 Å². The maximum absolute atomic E-state index is 11.8. The minimum atomic E-state index is -0.153. The summed E-state index contributed by atoms with van der Waals surface area (Å²) >= 11 is 0. The first kappa shape index (κ1) is 13.5. The second kappa shape index (κ2) is 5.16. The number of rotatable bonds is 2. The number of para-hydroxylation sites is 1. The van der Waals surface area contributed by atoms with Crippen molar-refractivity contribution in [2.45, 2.75) is 19.3 Å². The lowest BCUT2D eigenvalue weighted by atomic mass is 9.85. The van der Waals surface area contributed by atoms with Gasteiger partial charge < -0.3 is 15.5 Å². The van der Waals surface area contributed by atoms with Crippen molar-refractivity contribution in [3.8, 4) is 17.4 Å². The summed E-state index contributed by atoms with van der Waals surface area (Å²) < 4.78 is 1.44. The van der Waals surface area contributed by atoms with Crippen molar-refractivity contribution in [3.63, 3.8) is 0 Å². The lowest BCUT2D eigenvalue weighted by Crippen LogP contribution is -2.31. The van der Waals surface area contributed by atoms with Gasteiger partial charge >= 0.3 is 0 Å². The molecule has 0 fully saturated rings. The lowest BCUT2D eigenvalue weighted by Gasteiger charge is -2.20. The van der Waals surface area contributed by atoms with Crippen LogP contribution in [0.15, 0.2) is 30.3 Å². The van der Waals surface area contributed by atoms with E-state index in [0.29, 0.717) is 30.5 Å². The fourth-order valence-corrected chi connectivity index (χ4v) is 3.03. The van der Waals surface area contributed by atoms with Gasteiger partial charge in [0.1, 0.15) is 0 Å². The van der Waals surface area contributed by atoms with E-state index in [1.807, 2.05) is 30.3 Å². The van der Waals surface area contributed by atoms with Crippen molar-refractivity contribution in [2.75, 3.05) is 7.05 Å². The number of fused-ring (bicyclic) bond motifs is 1. The van der Waals surface area contributed by atoms with E-state index in [9.17, 15) is 15.0 Å². The highest BCUT2D eigenvalue weighted by Gasteiger charge is 2.32. The first-order valence-corrected chi connectivity index (χ1v) is 7.05. The highest BCUT2D eigenvalue weighted by atomic mass is 16.3. The third-order valence-electron chi connectivity index (χ3n) is 4.15. The molecule has 21 heavy (non-hydrogen) atoms. The zero-order valence-electron chi connectivity index (χ0n) is 11.8. The molecule has 1 amide bonds. The van der Waals surface area contributed by atoms with Crippen LogP contribution in [0.5, 0.6) is 11.8 Å². The van der Waals surface area contributed by atoms with E-state index in [1.54, 1.807) is 7.05 Å². The predicted octanol–water partition coefficient (Wildman–Crippen LogP) is 1.74. The van der Waals surface area contributed by atoms with Gasteiger partial charge in [0.2, 0.25) is 17.7 Å². The summed E-state index contributed by atoms with van der Waals surface area (Å²) in [6.45, 7) is 0. The molecule has 3 rings (SSSR count). The molecular formula is C16H18N2O3. The van der Waals surface area contributed by atoms with E-state index in [-0.39, 0.29) is 23.6 Å². The van der Waals surface area contributed by atoms with Gasteiger partial charge in [0.05, 0.1) is 5.69 Å². The number of aromatic hydroxyl groups is 2. The number of amides is 1. The monoisotopic (exact) mass is 286 g/mol. The Hall–Kier alpha value is -2.43. The Labute approximate surface area is 122 Å². The zero-order valence-corrected chi connectivity index (χ0v) is 11.8. The largest absolute Gasteiger partial charge is 0.494 e. The Balaban J connectivity index is 2.05. The van der Waals surface area contributed by atoms with Crippen molar-refractivity contribution >= 4 is 5.91 Å². The molecule has 1 heterocycles. The molecule has 2 aromatic rings. The average molecular weight is 286 g/mol. The smallest absolute Gasteiger partial charge is 0.223 e. The van der Waals surface area contributed by atoms with Crippen LogP contribution in [-0.2, 0) is 17.6 Å². The minimum absolute atomic E-state index is 0.0213. The molecular weight excluding hydrogens is 268 g/mol. The molecule has 0 bridgehead atoms. The fraction of sp³-hybridized carbons (Fsp3) is 0.312. The van der Waals surface area contributed by atoms with Crippen molar-refractivity contribution < 1.29 is 15.0 Å². The zero-order chi connectivity index (χ0) is 15.0. The van der Waals surface area contributed by atoms with E-state index in [4.69, 9.17) is 0 Å². The van der Waals surface area contributed by atoms with E-state index in [2.05, 4.69) is 5.32 Å². The van der Waals surface area contributed by atoms with Crippen LogP contribution >= 0.6 is 0 Å². The number of hydrogen-bond acceptors (Lipinski definition) is 3. The summed E-state index contributed by atoms with van der Waals surface area (Å²) in [6, 6.07) is 9.21. The highest BCUT2D eigenvalue weighted by molar-refractivity contribution is 5.79. The van der Waals surface area contributed by atoms with Crippen LogP contribution in [0.4, 0.5) is 0 Å². The van der Waals surface area contributed by atoms with Gasteiger partial charge in [0.25, 0.3) is 0 Å². The molecule has 0 saturated heterocycles. The second-order valence-electron chi connectivity index (χ2n) is 5.33. The Morgan fingerprint density at radius 1 is 1.19 bits per heavy atom. The maximum Gasteiger partial charge on any atom is 0.223 e. The molecule has 1 aromatic heterocycles. The summed E-state index contributed by atoms with van der Waals surface area (Å²) in [5.74, 6) is -0.0715.